The first kappa shape index (κ1) is 20.0. The monoisotopic (exact) mass is 413 g/mol. The predicted octanol–water partition coefficient (Wildman–Crippen LogP) is 2.69. The molecule has 0 N–H and O–H groups in total. The summed E-state index contributed by atoms with van der Waals surface area (Å²) in [7, 11) is 0. The summed E-state index contributed by atoms with van der Waals surface area (Å²) in [4.78, 5) is 31.7. The molecule has 0 aromatic heterocycles. The molecule has 0 saturated carbocycles. The van der Waals surface area contributed by atoms with Crippen molar-refractivity contribution in [1.82, 2.24) is 14.7 Å². The van der Waals surface area contributed by atoms with E-state index in [1.165, 1.54) is 6.07 Å². The fourth-order valence-electron chi connectivity index (χ4n) is 6.43. The lowest BCUT2D eigenvalue weighted by Gasteiger charge is -2.57. The second kappa shape index (κ2) is 8.29. The summed E-state index contributed by atoms with van der Waals surface area (Å²) in [5.74, 6) is 1.31. The number of carbonyl (C=O) groups is 2. The Balaban J connectivity index is 1.34. The SMILES string of the molecule is O=C1CCCN1CCN1C[C@H]2C[C@@H](C1)[C@H](Cc1cccc(F)c1)N1C(=O)CCC[C@@H]21. The van der Waals surface area contributed by atoms with Crippen LogP contribution in [0.15, 0.2) is 24.3 Å². The average molecular weight is 414 g/mol. The third-order valence-electron chi connectivity index (χ3n) is 7.76. The van der Waals surface area contributed by atoms with Gasteiger partial charge in [0.15, 0.2) is 0 Å². The van der Waals surface area contributed by atoms with E-state index in [4.69, 9.17) is 0 Å². The van der Waals surface area contributed by atoms with Crippen molar-refractivity contribution in [3.8, 4) is 0 Å². The van der Waals surface area contributed by atoms with Crippen LogP contribution in [0.5, 0.6) is 0 Å². The second-order valence-electron chi connectivity index (χ2n) is 9.66. The Morgan fingerprint density at radius 3 is 2.63 bits per heavy atom. The Labute approximate surface area is 178 Å². The van der Waals surface area contributed by atoms with Crippen LogP contribution >= 0.6 is 0 Å². The fourth-order valence-corrected chi connectivity index (χ4v) is 6.43. The van der Waals surface area contributed by atoms with Crippen LogP contribution in [0.4, 0.5) is 4.39 Å². The van der Waals surface area contributed by atoms with Gasteiger partial charge in [-0.3, -0.25) is 9.59 Å². The number of rotatable bonds is 5. The van der Waals surface area contributed by atoms with Gasteiger partial charge in [0.2, 0.25) is 11.8 Å². The third kappa shape index (κ3) is 3.86. The molecule has 0 aliphatic carbocycles. The molecule has 0 spiro atoms. The number of likely N-dealkylation sites (tertiary alicyclic amines) is 2. The van der Waals surface area contributed by atoms with Crippen molar-refractivity contribution < 1.29 is 14.0 Å². The van der Waals surface area contributed by atoms with Gasteiger partial charge in [0.1, 0.15) is 5.82 Å². The van der Waals surface area contributed by atoms with Crippen molar-refractivity contribution in [3.63, 3.8) is 0 Å². The summed E-state index contributed by atoms with van der Waals surface area (Å²) in [6.45, 7) is 4.63. The molecular weight excluding hydrogens is 381 g/mol. The van der Waals surface area contributed by atoms with E-state index in [-0.39, 0.29) is 11.9 Å². The highest BCUT2D eigenvalue weighted by Crippen LogP contribution is 2.42. The molecule has 30 heavy (non-hydrogen) atoms. The van der Waals surface area contributed by atoms with Crippen molar-refractivity contribution in [2.75, 3.05) is 32.7 Å². The number of amides is 2. The zero-order chi connectivity index (χ0) is 20.7. The van der Waals surface area contributed by atoms with Gasteiger partial charge in [-0.15, -0.1) is 0 Å². The Hall–Kier alpha value is -1.95. The van der Waals surface area contributed by atoms with Crippen LogP contribution in [0, 0.1) is 17.7 Å². The van der Waals surface area contributed by atoms with Gasteiger partial charge in [-0.25, -0.2) is 4.39 Å². The minimum atomic E-state index is -0.205. The van der Waals surface area contributed by atoms with Crippen LogP contribution in [0.2, 0.25) is 0 Å². The number of benzene rings is 1. The van der Waals surface area contributed by atoms with Gasteiger partial charge in [-0.2, -0.15) is 0 Å². The molecule has 4 aliphatic heterocycles. The summed E-state index contributed by atoms with van der Waals surface area (Å²) < 4.78 is 13.8. The van der Waals surface area contributed by atoms with Crippen molar-refractivity contribution in [1.29, 1.82) is 0 Å². The first-order valence-electron chi connectivity index (χ1n) is 11.6. The van der Waals surface area contributed by atoms with E-state index >= 15 is 0 Å². The van der Waals surface area contributed by atoms with Crippen LogP contribution in [0.1, 0.15) is 44.1 Å². The molecule has 0 unspecified atom stereocenters. The number of piperidine rings is 3. The van der Waals surface area contributed by atoms with Gasteiger partial charge in [-0.1, -0.05) is 12.1 Å². The molecule has 1 aromatic carbocycles. The molecule has 0 radical (unpaired) electrons. The molecule has 1 aromatic rings. The van der Waals surface area contributed by atoms with E-state index in [1.807, 2.05) is 11.0 Å². The number of hydrogen-bond acceptors (Lipinski definition) is 3. The van der Waals surface area contributed by atoms with Gasteiger partial charge in [0.05, 0.1) is 0 Å². The topological polar surface area (TPSA) is 43.9 Å². The Morgan fingerprint density at radius 2 is 1.83 bits per heavy atom. The highest BCUT2D eigenvalue weighted by Gasteiger charge is 2.49. The molecule has 4 heterocycles. The molecule has 6 heteroatoms. The second-order valence-corrected chi connectivity index (χ2v) is 9.66. The van der Waals surface area contributed by atoms with Crippen LogP contribution in [0.25, 0.3) is 0 Å². The molecule has 162 valence electrons. The molecule has 5 rings (SSSR count). The molecular formula is C24H32FN3O2. The first-order chi connectivity index (χ1) is 14.6. The lowest BCUT2D eigenvalue weighted by molar-refractivity contribution is -0.152. The predicted molar refractivity (Wildman–Crippen MR) is 112 cm³/mol. The highest BCUT2D eigenvalue weighted by molar-refractivity contribution is 5.78. The van der Waals surface area contributed by atoms with E-state index < -0.39 is 0 Å². The van der Waals surface area contributed by atoms with Crippen molar-refractivity contribution in [3.05, 3.63) is 35.6 Å². The normalized spacial score (nSPS) is 31.9. The molecule has 2 amide bonds. The Kier molecular flexibility index (Phi) is 5.52. The maximum atomic E-state index is 13.8. The van der Waals surface area contributed by atoms with Gasteiger partial charge in [0.25, 0.3) is 0 Å². The van der Waals surface area contributed by atoms with Crippen LogP contribution in [-0.2, 0) is 16.0 Å². The van der Waals surface area contributed by atoms with Crippen molar-refractivity contribution >= 4 is 11.8 Å². The lowest BCUT2D eigenvalue weighted by atomic mass is 9.71. The highest BCUT2D eigenvalue weighted by atomic mass is 19.1. The molecule has 5 nitrogen and oxygen atoms in total. The van der Waals surface area contributed by atoms with E-state index in [9.17, 15) is 14.0 Å². The summed E-state index contributed by atoms with van der Waals surface area (Å²) in [5, 5.41) is 0. The number of nitrogens with zero attached hydrogens (tertiary/aromatic N) is 3. The quantitative estimate of drug-likeness (QED) is 0.746. The molecule has 4 aliphatic rings. The van der Waals surface area contributed by atoms with Crippen LogP contribution < -0.4 is 0 Å². The fraction of sp³-hybridized carbons (Fsp3) is 0.667. The Morgan fingerprint density at radius 1 is 1.00 bits per heavy atom. The molecule has 2 bridgehead atoms. The minimum absolute atomic E-state index is 0.150. The van der Waals surface area contributed by atoms with Gasteiger partial charge >= 0.3 is 0 Å². The van der Waals surface area contributed by atoms with Gasteiger partial charge < -0.3 is 14.7 Å². The minimum Gasteiger partial charge on any atom is -0.341 e. The molecule has 4 atom stereocenters. The smallest absolute Gasteiger partial charge is 0.223 e. The lowest BCUT2D eigenvalue weighted by Crippen LogP contribution is -2.65. The van der Waals surface area contributed by atoms with E-state index in [2.05, 4.69) is 9.80 Å². The maximum Gasteiger partial charge on any atom is 0.223 e. The average Bonchev–Trinajstić information content (AvgIpc) is 3.14. The summed E-state index contributed by atoms with van der Waals surface area (Å²) in [6, 6.07) is 7.32. The molecule has 4 saturated heterocycles. The zero-order valence-electron chi connectivity index (χ0n) is 17.6. The van der Waals surface area contributed by atoms with E-state index in [1.54, 1.807) is 12.1 Å². The number of hydrogen-bond donors (Lipinski definition) is 0. The van der Waals surface area contributed by atoms with Gasteiger partial charge in [0, 0.05) is 57.6 Å². The zero-order valence-corrected chi connectivity index (χ0v) is 17.6. The largest absolute Gasteiger partial charge is 0.341 e. The summed E-state index contributed by atoms with van der Waals surface area (Å²) in [5.41, 5.74) is 0.982. The number of carbonyl (C=O) groups excluding carboxylic acids is 2. The third-order valence-corrected chi connectivity index (χ3v) is 7.76. The maximum absolute atomic E-state index is 13.8. The van der Waals surface area contributed by atoms with Crippen molar-refractivity contribution in [2.24, 2.45) is 11.8 Å². The number of halogens is 1. The molecule has 4 fully saturated rings. The number of fused-ring (bicyclic) bond motifs is 4. The summed E-state index contributed by atoms with van der Waals surface area (Å²) in [6.07, 6.45) is 6.29. The van der Waals surface area contributed by atoms with E-state index in [0.717, 1.165) is 70.4 Å². The van der Waals surface area contributed by atoms with E-state index in [0.29, 0.717) is 42.5 Å². The Bertz CT molecular complexity index is 815. The van der Waals surface area contributed by atoms with Crippen LogP contribution in [-0.4, -0.2) is 71.3 Å². The standard InChI is InChI=1S/C24H32FN3O2/c25-20-5-1-4-17(12-20)13-22-19-14-18(21-6-2-7-24(30)28(21)22)15-26(16-19)10-11-27-9-3-8-23(27)29/h1,4-5,12,18-19,21-22H,2-3,6-11,13-16H2/t18-,19+,21+,22+/m1/s1. The summed E-state index contributed by atoms with van der Waals surface area (Å²) >= 11 is 0. The van der Waals surface area contributed by atoms with Gasteiger partial charge in [-0.05, 0) is 61.6 Å². The first-order valence-corrected chi connectivity index (χ1v) is 11.6. The van der Waals surface area contributed by atoms with Crippen LogP contribution in [0.3, 0.4) is 0 Å². The van der Waals surface area contributed by atoms with Crippen molar-refractivity contribution in [2.45, 2.75) is 57.0 Å².